The Morgan fingerprint density at radius 2 is 2.09 bits per heavy atom. The van der Waals surface area contributed by atoms with Crippen LogP contribution in [-0.4, -0.2) is 28.0 Å². The highest BCUT2D eigenvalue weighted by molar-refractivity contribution is 6.05. The van der Waals surface area contributed by atoms with Crippen LogP contribution in [0.1, 0.15) is 19.4 Å². The van der Waals surface area contributed by atoms with E-state index in [0.717, 1.165) is 4.57 Å². The standard InChI is InChI=1S/C14H13N3O5/c1-2-22-10(18)6-9-12(19)15-7-4-3-5-8-11(7)17(9)14(21)13(20)16-8/h3-5,9H,2,6H2,1H3,(H,15,19)(H,16,20)/t9-/m0/s1. The predicted octanol–water partition coefficient (Wildman–Crippen LogP) is 0.136. The quantitative estimate of drug-likeness (QED) is 0.619. The van der Waals surface area contributed by atoms with Crippen LogP contribution < -0.4 is 16.4 Å². The molecule has 2 aromatic rings. The molecule has 22 heavy (non-hydrogen) atoms. The molecular weight excluding hydrogens is 290 g/mol. The van der Waals surface area contributed by atoms with Gasteiger partial charge in [-0.15, -0.1) is 0 Å². The molecule has 0 fully saturated rings. The summed E-state index contributed by atoms with van der Waals surface area (Å²) in [6.07, 6.45) is -0.313. The van der Waals surface area contributed by atoms with Crippen molar-refractivity contribution in [3.8, 4) is 0 Å². The third kappa shape index (κ3) is 2.09. The number of hydrogen-bond acceptors (Lipinski definition) is 5. The summed E-state index contributed by atoms with van der Waals surface area (Å²) in [5.74, 6) is -1.14. The third-order valence-corrected chi connectivity index (χ3v) is 3.48. The van der Waals surface area contributed by atoms with Crippen molar-refractivity contribution in [3.05, 3.63) is 38.9 Å². The summed E-state index contributed by atoms with van der Waals surface area (Å²) in [6, 6.07) is 3.78. The van der Waals surface area contributed by atoms with Gasteiger partial charge in [0.05, 0.1) is 29.7 Å². The zero-order valence-electron chi connectivity index (χ0n) is 11.7. The summed E-state index contributed by atoms with van der Waals surface area (Å²) in [7, 11) is 0. The molecular formula is C14H13N3O5. The van der Waals surface area contributed by atoms with Gasteiger partial charge in [-0.05, 0) is 19.1 Å². The van der Waals surface area contributed by atoms with Gasteiger partial charge in [0.1, 0.15) is 6.04 Å². The number of aromatic nitrogens is 2. The smallest absolute Gasteiger partial charge is 0.317 e. The molecule has 0 bridgehead atoms. The number of hydrogen-bond donors (Lipinski definition) is 2. The van der Waals surface area contributed by atoms with Crippen LogP contribution in [0.15, 0.2) is 27.8 Å². The van der Waals surface area contributed by atoms with Crippen molar-refractivity contribution >= 4 is 28.6 Å². The van der Waals surface area contributed by atoms with E-state index >= 15 is 0 Å². The maximum atomic E-state index is 12.2. The van der Waals surface area contributed by atoms with Gasteiger partial charge in [0.15, 0.2) is 0 Å². The minimum atomic E-state index is -1.11. The lowest BCUT2D eigenvalue weighted by molar-refractivity contribution is -0.145. The molecule has 0 unspecified atom stereocenters. The first-order valence-corrected chi connectivity index (χ1v) is 6.77. The number of nitrogens with one attached hydrogen (secondary N) is 2. The average molecular weight is 303 g/mol. The number of nitrogens with zero attached hydrogens (tertiary/aromatic N) is 1. The lowest BCUT2D eigenvalue weighted by atomic mass is 10.1. The van der Waals surface area contributed by atoms with Gasteiger partial charge in [0.2, 0.25) is 5.91 Å². The fraction of sp³-hybridized carbons (Fsp3) is 0.286. The Kier molecular flexibility index (Phi) is 3.28. The van der Waals surface area contributed by atoms with E-state index in [9.17, 15) is 19.2 Å². The fourth-order valence-corrected chi connectivity index (χ4v) is 2.58. The first-order chi connectivity index (χ1) is 10.5. The Bertz CT molecular complexity index is 895. The topological polar surface area (TPSA) is 110 Å². The van der Waals surface area contributed by atoms with Crippen molar-refractivity contribution in [2.45, 2.75) is 19.4 Å². The summed E-state index contributed by atoms with van der Waals surface area (Å²) < 4.78 is 5.90. The number of amides is 1. The Morgan fingerprint density at radius 3 is 2.82 bits per heavy atom. The van der Waals surface area contributed by atoms with E-state index in [1.807, 2.05) is 0 Å². The van der Waals surface area contributed by atoms with Gasteiger partial charge in [-0.25, -0.2) is 0 Å². The monoisotopic (exact) mass is 303 g/mol. The molecule has 8 nitrogen and oxygen atoms in total. The lowest BCUT2D eigenvalue weighted by Crippen LogP contribution is -2.45. The Morgan fingerprint density at radius 1 is 1.32 bits per heavy atom. The first kappa shape index (κ1) is 14.1. The fourth-order valence-electron chi connectivity index (χ4n) is 2.58. The summed E-state index contributed by atoms with van der Waals surface area (Å²) >= 11 is 0. The number of ether oxygens (including phenoxy) is 1. The highest BCUT2D eigenvalue weighted by Gasteiger charge is 2.32. The molecule has 0 aliphatic carbocycles. The second kappa shape index (κ2) is 5.14. The summed E-state index contributed by atoms with van der Waals surface area (Å²) in [4.78, 5) is 50.3. The largest absolute Gasteiger partial charge is 0.466 e. The number of benzene rings is 1. The number of carbonyl (C=O) groups is 2. The third-order valence-electron chi connectivity index (χ3n) is 3.48. The number of rotatable bonds is 3. The van der Waals surface area contributed by atoms with Crippen molar-refractivity contribution in [3.63, 3.8) is 0 Å². The van der Waals surface area contributed by atoms with Crippen LogP contribution in [0.3, 0.4) is 0 Å². The molecule has 3 rings (SSSR count). The van der Waals surface area contributed by atoms with E-state index < -0.39 is 29.0 Å². The van der Waals surface area contributed by atoms with E-state index in [-0.39, 0.29) is 13.0 Å². The number of H-pyrrole nitrogens is 1. The molecule has 2 heterocycles. The Balaban J connectivity index is 2.24. The van der Waals surface area contributed by atoms with Crippen molar-refractivity contribution in [1.82, 2.24) is 9.55 Å². The highest BCUT2D eigenvalue weighted by Crippen LogP contribution is 2.29. The predicted molar refractivity (Wildman–Crippen MR) is 77.7 cm³/mol. The van der Waals surface area contributed by atoms with Gasteiger partial charge in [0, 0.05) is 0 Å². The zero-order chi connectivity index (χ0) is 15.9. The van der Waals surface area contributed by atoms with Crippen molar-refractivity contribution < 1.29 is 14.3 Å². The van der Waals surface area contributed by atoms with Gasteiger partial charge in [0.25, 0.3) is 0 Å². The van der Waals surface area contributed by atoms with E-state index in [0.29, 0.717) is 16.7 Å². The molecule has 2 N–H and O–H groups in total. The SMILES string of the molecule is CCOC(=O)C[C@H]1C(=O)Nc2cccc3[nH]c(=O)c(=O)n1c23. The zero-order valence-corrected chi connectivity index (χ0v) is 11.7. The molecule has 0 radical (unpaired) electrons. The second-order valence-electron chi connectivity index (χ2n) is 4.85. The molecule has 1 aromatic heterocycles. The molecule has 8 heteroatoms. The van der Waals surface area contributed by atoms with Crippen molar-refractivity contribution in [2.75, 3.05) is 11.9 Å². The molecule has 1 aromatic carbocycles. The molecule has 0 spiro atoms. The molecule has 1 amide bonds. The van der Waals surface area contributed by atoms with Crippen LogP contribution in [0.25, 0.3) is 11.0 Å². The lowest BCUT2D eigenvalue weighted by Gasteiger charge is -2.26. The van der Waals surface area contributed by atoms with Crippen molar-refractivity contribution in [1.29, 1.82) is 0 Å². The Labute approximate surface area is 123 Å². The van der Waals surface area contributed by atoms with Crippen LogP contribution in [0.2, 0.25) is 0 Å². The van der Waals surface area contributed by atoms with E-state index in [1.165, 1.54) is 0 Å². The normalized spacial score (nSPS) is 16.4. The first-order valence-electron chi connectivity index (χ1n) is 6.77. The number of anilines is 1. The van der Waals surface area contributed by atoms with Crippen LogP contribution in [0.4, 0.5) is 5.69 Å². The minimum Gasteiger partial charge on any atom is -0.466 e. The molecule has 114 valence electrons. The maximum Gasteiger partial charge on any atom is 0.317 e. The van der Waals surface area contributed by atoms with Gasteiger partial charge < -0.3 is 15.0 Å². The second-order valence-corrected chi connectivity index (χ2v) is 4.85. The number of para-hydroxylation sites is 1. The van der Waals surface area contributed by atoms with Crippen LogP contribution in [0.5, 0.6) is 0 Å². The summed E-state index contributed by atoms with van der Waals surface area (Å²) in [5.41, 5.74) is -0.495. The summed E-state index contributed by atoms with van der Waals surface area (Å²) in [5, 5.41) is 2.64. The van der Waals surface area contributed by atoms with Gasteiger partial charge in [-0.1, -0.05) is 6.07 Å². The molecule has 1 aliphatic heterocycles. The van der Waals surface area contributed by atoms with Crippen LogP contribution in [0, 0.1) is 0 Å². The molecule has 0 saturated carbocycles. The average Bonchev–Trinajstić information content (AvgIpc) is 2.47. The van der Waals surface area contributed by atoms with E-state index in [4.69, 9.17) is 4.74 Å². The summed E-state index contributed by atoms with van der Waals surface area (Å²) in [6.45, 7) is 1.81. The maximum absolute atomic E-state index is 12.2. The van der Waals surface area contributed by atoms with Crippen LogP contribution in [-0.2, 0) is 14.3 Å². The van der Waals surface area contributed by atoms with Gasteiger partial charge in [-0.3, -0.25) is 23.7 Å². The molecule has 1 aliphatic rings. The minimum absolute atomic E-state index is 0.170. The van der Waals surface area contributed by atoms with Crippen molar-refractivity contribution in [2.24, 2.45) is 0 Å². The van der Waals surface area contributed by atoms with E-state index in [2.05, 4.69) is 10.3 Å². The Hall–Kier alpha value is -2.90. The highest BCUT2D eigenvalue weighted by atomic mass is 16.5. The molecule has 0 saturated heterocycles. The van der Waals surface area contributed by atoms with E-state index in [1.54, 1.807) is 25.1 Å². The number of carbonyl (C=O) groups excluding carboxylic acids is 2. The number of esters is 1. The number of aromatic amines is 1. The molecule has 1 atom stereocenters. The van der Waals surface area contributed by atoms with Gasteiger partial charge >= 0.3 is 17.1 Å². The van der Waals surface area contributed by atoms with Gasteiger partial charge in [-0.2, -0.15) is 0 Å². The van der Waals surface area contributed by atoms with Crippen LogP contribution >= 0.6 is 0 Å².